The minimum Gasteiger partial charge on any atom is -0.497 e. The lowest BCUT2D eigenvalue weighted by Gasteiger charge is -2.25. The van der Waals surface area contributed by atoms with Gasteiger partial charge in [0.1, 0.15) is 30.5 Å². The summed E-state index contributed by atoms with van der Waals surface area (Å²) in [6.07, 6.45) is 4.89. The maximum absolute atomic E-state index is 13.2. The second-order valence-corrected chi connectivity index (χ2v) is 9.19. The molecule has 0 aliphatic carbocycles. The van der Waals surface area contributed by atoms with Crippen molar-refractivity contribution in [3.05, 3.63) is 53.9 Å². The average Bonchev–Trinajstić information content (AvgIpc) is 3.56. The van der Waals surface area contributed by atoms with Crippen LogP contribution >= 0.6 is 0 Å². The van der Waals surface area contributed by atoms with Gasteiger partial charge in [-0.3, -0.25) is 14.8 Å². The van der Waals surface area contributed by atoms with Gasteiger partial charge in [-0.15, -0.1) is 0 Å². The molecule has 5 rings (SSSR count). The van der Waals surface area contributed by atoms with Gasteiger partial charge in [-0.2, -0.15) is 5.10 Å². The molecule has 8 heteroatoms. The van der Waals surface area contributed by atoms with Gasteiger partial charge >= 0.3 is 0 Å². The van der Waals surface area contributed by atoms with Crippen LogP contribution in [0.5, 0.6) is 17.2 Å². The molecular formula is C27H32N4O4. The third-order valence-corrected chi connectivity index (χ3v) is 6.79. The number of amides is 1. The first-order chi connectivity index (χ1) is 17.1. The molecule has 1 saturated heterocycles. The minimum absolute atomic E-state index is 0.0879. The Bertz CT molecular complexity index is 1190. The predicted octanol–water partition coefficient (Wildman–Crippen LogP) is 4.06. The van der Waals surface area contributed by atoms with E-state index in [1.54, 1.807) is 7.11 Å². The fourth-order valence-electron chi connectivity index (χ4n) is 4.75. The molecule has 8 nitrogen and oxygen atoms in total. The molecule has 2 aliphatic rings. The van der Waals surface area contributed by atoms with E-state index in [4.69, 9.17) is 14.2 Å². The number of ether oxygens (including phenoxy) is 3. The first-order valence-electron chi connectivity index (χ1n) is 12.2. The molecule has 35 heavy (non-hydrogen) atoms. The van der Waals surface area contributed by atoms with E-state index in [0.29, 0.717) is 31.1 Å². The molecule has 1 amide bonds. The van der Waals surface area contributed by atoms with Crippen LogP contribution in [0.25, 0.3) is 11.1 Å². The lowest BCUT2D eigenvalue weighted by atomic mass is 9.95. The van der Waals surface area contributed by atoms with E-state index >= 15 is 0 Å². The lowest BCUT2D eigenvalue weighted by Crippen LogP contribution is -2.32. The summed E-state index contributed by atoms with van der Waals surface area (Å²) < 4.78 is 17.4. The lowest BCUT2D eigenvalue weighted by molar-refractivity contribution is -0.121. The number of rotatable bonds is 8. The topological polar surface area (TPSA) is 88.7 Å². The van der Waals surface area contributed by atoms with Crippen LogP contribution < -0.4 is 19.5 Å². The zero-order valence-electron chi connectivity index (χ0n) is 20.3. The smallest absolute Gasteiger partial charge is 0.231 e. The Balaban J connectivity index is 1.32. The molecule has 1 atom stereocenters. The van der Waals surface area contributed by atoms with Gasteiger partial charge < -0.3 is 19.5 Å². The number of carbonyl (C=O) groups is 1. The second-order valence-electron chi connectivity index (χ2n) is 9.19. The Labute approximate surface area is 205 Å². The van der Waals surface area contributed by atoms with E-state index in [9.17, 15) is 4.79 Å². The highest BCUT2D eigenvalue weighted by atomic mass is 16.5. The summed E-state index contributed by atoms with van der Waals surface area (Å²) in [5, 5.41) is 10.2. The normalized spacial score (nSPS) is 17.5. The zero-order valence-corrected chi connectivity index (χ0v) is 20.3. The molecule has 0 saturated carbocycles. The van der Waals surface area contributed by atoms with Gasteiger partial charge in [0.15, 0.2) is 0 Å². The summed E-state index contributed by atoms with van der Waals surface area (Å²) in [4.78, 5) is 15.6. The van der Waals surface area contributed by atoms with E-state index in [0.717, 1.165) is 53.5 Å². The van der Waals surface area contributed by atoms with Crippen LogP contribution in [-0.4, -0.2) is 61.0 Å². The largest absolute Gasteiger partial charge is 0.497 e. The first kappa shape index (κ1) is 23.2. The van der Waals surface area contributed by atoms with Crippen molar-refractivity contribution in [1.29, 1.82) is 0 Å². The first-order valence-corrected chi connectivity index (χ1v) is 12.2. The number of aryl methyl sites for hydroxylation is 1. The number of fused-ring (bicyclic) bond motifs is 1. The highest BCUT2D eigenvalue weighted by molar-refractivity contribution is 5.95. The van der Waals surface area contributed by atoms with Crippen LogP contribution in [0.2, 0.25) is 0 Å². The van der Waals surface area contributed by atoms with Gasteiger partial charge in [-0.1, -0.05) is 6.07 Å². The Hall–Kier alpha value is -3.52. The SMILES string of the molecule is COc1ccc2c(c1)C[C@H](C(=O)Nc1ccc(-c3cn[nH]c3C)cc1OCCN1CCCC1)CO2. The number of anilines is 1. The summed E-state index contributed by atoms with van der Waals surface area (Å²) in [6.45, 7) is 6.00. The number of H-pyrrole nitrogens is 1. The summed E-state index contributed by atoms with van der Waals surface area (Å²) >= 11 is 0. The maximum atomic E-state index is 13.2. The van der Waals surface area contributed by atoms with E-state index in [1.165, 1.54) is 12.8 Å². The van der Waals surface area contributed by atoms with E-state index in [-0.39, 0.29) is 11.8 Å². The molecular weight excluding hydrogens is 444 g/mol. The van der Waals surface area contributed by atoms with Gasteiger partial charge in [-0.05, 0) is 80.7 Å². The van der Waals surface area contributed by atoms with Gasteiger partial charge in [0.05, 0.1) is 24.9 Å². The Morgan fingerprint density at radius 3 is 2.86 bits per heavy atom. The number of methoxy groups -OCH3 is 1. The van der Waals surface area contributed by atoms with Gasteiger partial charge in [-0.25, -0.2) is 0 Å². The van der Waals surface area contributed by atoms with Crippen molar-refractivity contribution in [2.24, 2.45) is 5.92 Å². The predicted molar refractivity (Wildman–Crippen MR) is 134 cm³/mol. The highest BCUT2D eigenvalue weighted by Gasteiger charge is 2.27. The summed E-state index contributed by atoms with van der Waals surface area (Å²) in [7, 11) is 1.63. The van der Waals surface area contributed by atoms with Crippen LogP contribution in [0.1, 0.15) is 24.1 Å². The molecule has 3 aromatic rings. The summed E-state index contributed by atoms with van der Waals surface area (Å²) in [6, 6.07) is 11.6. The van der Waals surface area contributed by atoms with E-state index in [1.807, 2.05) is 49.5 Å². The quantitative estimate of drug-likeness (QED) is 0.510. The summed E-state index contributed by atoms with van der Waals surface area (Å²) in [5.74, 6) is 1.83. The minimum atomic E-state index is -0.303. The molecule has 2 N–H and O–H groups in total. The van der Waals surface area contributed by atoms with Crippen LogP contribution in [0, 0.1) is 12.8 Å². The van der Waals surface area contributed by atoms with Crippen molar-refractivity contribution in [2.45, 2.75) is 26.2 Å². The highest BCUT2D eigenvalue weighted by Crippen LogP contribution is 2.34. The zero-order chi connectivity index (χ0) is 24.2. The Morgan fingerprint density at radius 2 is 2.09 bits per heavy atom. The Kier molecular flexibility index (Phi) is 6.90. The van der Waals surface area contributed by atoms with Crippen LogP contribution in [-0.2, 0) is 11.2 Å². The molecule has 3 heterocycles. The number of aromatic amines is 1. The van der Waals surface area contributed by atoms with Crippen molar-refractivity contribution in [2.75, 3.05) is 45.3 Å². The van der Waals surface area contributed by atoms with Crippen molar-refractivity contribution < 1.29 is 19.0 Å². The standard InChI is InChI=1S/C27H32N4O4/c1-18-23(16-28-30-18)19-5-7-24(26(15-19)34-12-11-31-9-3-4-10-31)29-27(32)21-13-20-14-22(33-2)6-8-25(20)35-17-21/h5-8,14-16,21H,3-4,9-13,17H2,1-2H3,(H,28,30)(H,29,32)/t21-/m0/s1. The Morgan fingerprint density at radius 1 is 1.23 bits per heavy atom. The van der Waals surface area contributed by atoms with Crippen molar-refractivity contribution in [3.63, 3.8) is 0 Å². The number of nitrogens with zero attached hydrogens (tertiary/aromatic N) is 2. The number of hydrogen-bond acceptors (Lipinski definition) is 6. The number of aromatic nitrogens is 2. The molecule has 0 unspecified atom stereocenters. The van der Waals surface area contributed by atoms with Crippen molar-refractivity contribution in [3.8, 4) is 28.4 Å². The number of benzene rings is 2. The molecule has 0 bridgehead atoms. The average molecular weight is 477 g/mol. The monoisotopic (exact) mass is 476 g/mol. The van der Waals surface area contributed by atoms with Gasteiger partial charge in [0.25, 0.3) is 0 Å². The van der Waals surface area contributed by atoms with Crippen LogP contribution in [0.4, 0.5) is 5.69 Å². The number of carbonyl (C=O) groups excluding carboxylic acids is 1. The fraction of sp³-hybridized carbons (Fsp3) is 0.407. The fourth-order valence-corrected chi connectivity index (χ4v) is 4.75. The molecule has 2 aliphatic heterocycles. The van der Waals surface area contributed by atoms with Crippen LogP contribution in [0.3, 0.4) is 0 Å². The van der Waals surface area contributed by atoms with Crippen molar-refractivity contribution in [1.82, 2.24) is 15.1 Å². The van der Waals surface area contributed by atoms with Gasteiger partial charge in [0, 0.05) is 17.8 Å². The number of likely N-dealkylation sites (tertiary alicyclic amines) is 1. The molecule has 2 aromatic carbocycles. The summed E-state index contributed by atoms with van der Waals surface area (Å²) in [5.41, 5.74) is 4.63. The third kappa shape index (κ3) is 5.27. The molecule has 0 spiro atoms. The maximum Gasteiger partial charge on any atom is 0.231 e. The molecule has 184 valence electrons. The molecule has 0 radical (unpaired) electrons. The van der Waals surface area contributed by atoms with Crippen LogP contribution in [0.15, 0.2) is 42.6 Å². The molecule has 1 fully saturated rings. The van der Waals surface area contributed by atoms with E-state index in [2.05, 4.69) is 20.4 Å². The van der Waals surface area contributed by atoms with Crippen molar-refractivity contribution >= 4 is 11.6 Å². The number of hydrogen-bond donors (Lipinski definition) is 2. The van der Waals surface area contributed by atoms with E-state index < -0.39 is 0 Å². The third-order valence-electron chi connectivity index (χ3n) is 6.79. The number of nitrogens with one attached hydrogen (secondary N) is 2. The second kappa shape index (κ2) is 10.4. The molecule has 1 aromatic heterocycles. The van der Waals surface area contributed by atoms with Gasteiger partial charge in [0.2, 0.25) is 5.91 Å².